The van der Waals surface area contributed by atoms with Gasteiger partial charge in [0.1, 0.15) is 5.82 Å². The summed E-state index contributed by atoms with van der Waals surface area (Å²) in [5.41, 5.74) is 3.96. The van der Waals surface area contributed by atoms with E-state index < -0.39 is 0 Å². The van der Waals surface area contributed by atoms with E-state index in [1.807, 2.05) is 6.92 Å². The normalized spacial score (nSPS) is 10.5. The predicted molar refractivity (Wildman–Crippen MR) is 69.5 cm³/mol. The van der Waals surface area contributed by atoms with Crippen LogP contribution in [0.15, 0.2) is 22.3 Å². The van der Waals surface area contributed by atoms with Gasteiger partial charge in [-0.1, -0.05) is 22.9 Å². The average Bonchev–Trinajstić information content (AvgIpc) is 2.63. The van der Waals surface area contributed by atoms with Gasteiger partial charge in [-0.25, -0.2) is 10.8 Å². The summed E-state index contributed by atoms with van der Waals surface area (Å²) in [6.07, 6.45) is 0. The number of nitrogen functional groups attached to an aromatic ring is 1. The molecule has 0 aliphatic heterocycles. The fourth-order valence-corrected chi connectivity index (χ4v) is 2.32. The predicted octanol–water partition coefficient (Wildman–Crippen LogP) is 1.60. The molecule has 90 valence electrons. The highest BCUT2D eigenvalue weighted by Gasteiger charge is 2.08. The van der Waals surface area contributed by atoms with Gasteiger partial charge in [-0.15, -0.1) is 0 Å². The van der Waals surface area contributed by atoms with Crippen LogP contribution in [0.2, 0.25) is 5.02 Å². The molecule has 7 heteroatoms. The van der Waals surface area contributed by atoms with E-state index in [2.05, 4.69) is 10.4 Å². The number of nitrogens with one attached hydrogen (secondary N) is 1. The lowest BCUT2D eigenvalue weighted by atomic mass is 10.3. The molecule has 0 atom stereocenters. The SMILES string of the molecule is Cc1csc(=O)n1Cc1nc(NN)ccc1Cl. The monoisotopic (exact) mass is 270 g/mol. The molecule has 0 saturated heterocycles. The topological polar surface area (TPSA) is 72.9 Å². The summed E-state index contributed by atoms with van der Waals surface area (Å²) in [5.74, 6) is 5.80. The number of nitrogens with two attached hydrogens (primary N) is 1. The van der Waals surface area contributed by atoms with Gasteiger partial charge in [-0.3, -0.25) is 9.36 Å². The van der Waals surface area contributed by atoms with Crippen molar-refractivity contribution in [2.75, 3.05) is 5.43 Å². The zero-order valence-corrected chi connectivity index (χ0v) is 10.7. The number of hydrogen-bond donors (Lipinski definition) is 2. The average molecular weight is 271 g/mol. The van der Waals surface area contributed by atoms with E-state index in [0.717, 1.165) is 17.0 Å². The summed E-state index contributed by atoms with van der Waals surface area (Å²) in [7, 11) is 0. The number of hydrazine groups is 1. The minimum absolute atomic E-state index is 0.0218. The van der Waals surface area contributed by atoms with Gasteiger partial charge in [0.15, 0.2) is 0 Å². The Morgan fingerprint density at radius 1 is 1.59 bits per heavy atom. The summed E-state index contributed by atoms with van der Waals surface area (Å²) in [5, 5.41) is 2.32. The van der Waals surface area contributed by atoms with Crippen LogP contribution in [-0.2, 0) is 6.54 Å². The van der Waals surface area contributed by atoms with Crippen molar-refractivity contribution in [1.29, 1.82) is 0 Å². The molecular weight excluding hydrogens is 260 g/mol. The third kappa shape index (κ3) is 2.49. The van der Waals surface area contributed by atoms with Crippen LogP contribution in [0.3, 0.4) is 0 Å². The second-order valence-electron chi connectivity index (χ2n) is 3.50. The Morgan fingerprint density at radius 2 is 2.35 bits per heavy atom. The van der Waals surface area contributed by atoms with Crippen LogP contribution < -0.4 is 16.1 Å². The van der Waals surface area contributed by atoms with Crippen LogP contribution in [0.25, 0.3) is 0 Å². The Labute approximate surface area is 107 Å². The fourth-order valence-electron chi connectivity index (χ4n) is 1.42. The first-order valence-corrected chi connectivity index (χ1v) is 6.14. The van der Waals surface area contributed by atoms with Gasteiger partial charge >= 0.3 is 4.87 Å². The minimum Gasteiger partial charge on any atom is -0.308 e. The summed E-state index contributed by atoms with van der Waals surface area (Å²) in [4.78, 5) is 15.8. The molecule has 2 heterocycles. The molecule has 17 heavy (non-hydrogen) atoms. The van der Waals surface area contributed by atoms with Gasteiger partial charge in [0, 0.05) is 11.1 Å². The van der Waals surface area contributed by atoms with Crippen LogP contribution in [0.4, 0.5) is 5.82 Å². The smallest absolute Gasteiger partial charge is 0.307 e. The molecule has 0 aliphatic rings. The molecule has 2 rings (SSSR count). The lowest BCUT2D eigenvalue weighted by molar-refractivity contribution is 0.736. The minimum atomic E-state index is -0.0218. The molecule has 0 fully saturated rings. The second-order valence-corrected chi connectivity index (χ2v) is 4.73. The Kier molecular flexibility index (Phi) is 3.46. The molecule has 0 amide bonds. The Hall–Kier alpha value is -1.37. The van der Waals surface area contributed by atoms with E-state index in [1.165, 1.54) is 0 Å². The molecule has 0 spiro atoms. The van der Waals surface area contributed by atoms with E-state index in [9.17, 15) is 4.79 Å². The van der Waals surface area contributed by atoms with Gasteiger partial charge in [0.25, 0.3) is 0 Å². The van der Waals surface area contributed by atoms with Crippen molar-refractivity contribution in [3.63, 3.8) is 0 Å². The van der Waals surface area contributed by atoms with Crippen molar-refractivity contribution in [3.8, 4) is 0 Å². The number of thiazole rings is 1. The van der Waals surface area contributed by atoms with Crippen LogP contribution in [-0.4, -0.2) is 9.55 Å². The summed E-state index contributed by atoms with van der Waals surface area (Å²) >= 11 is 7.19. The van der Waals surface area contributed by atoms with E-state index in [4.69, 9.17) is 17.4 Å². The Balaban J connectivity index is 2.39. The van der Waals surface area contributed by atoms with Crippen molar-refractivity contribution in [1.82, 2.24) is 9.55 Å². The highest BCUT2D eigenvalue weighted by atomic mass is 35.5. The van der Waals surface area contributed by atoms with Gasteiger partial charge in [-0.2, -0.15) is 0 Å². The molecule has 5 nitrogen and oxygen atoms in total. The number of anilines is 1. The molecular formula is C10H11ClN4OS. The van der Waals surface area contributed by atoms with Crippen LogP contribution >= 0.6 is 22.9 Å². The number of aromatic nitrogens is 2. The van der Waals surface area contributed by atoms with E-state index in [-0.39, 0.29) is 4.87 Å². The van der Waals surface area contributed by atoms with Crippen molar-refractivity contribution in [2.24, 2.45) is 5.84 Å². The molecule has 2 aromatic heterocycles. The van der Waals surface area contributed by atoms with Crippen molar-refractivity contribution >= 4 is 28.8 Å². The van der Waals surface area contributed by atoms with Crippen molar-refractivity contribution in [2.45, 2.75) is 13.5 Å². The van der Waals surface area contributed by atoms with E-state index in [1.54, 1.807) is 22.1 Å². The first kappa shape index (κ1) is 12.1. The van der Waals surface area contributed by atoms with Gasteiger partial charge in [0.05, 0.1) is 17.3 Å². The summed E-state index contributed by atoms with van der Waals surface area (Å²) < 4.78 is 1.62. The highest BCUT2D eigenvalue weighted by molar-refractivity contribution is 7.07. The quantitative estimate of drug-likeness (QED) is 0.656. The molecule has 0 aromatic carbocycles. The van der Waals surface area contributed by atoms with Gasteiger partial charge in [0.2, 0.25) is 0 Å². The highest BCUT2D eigenvalue weighted by Crippen LogP contribution is 2.17. The summed E-state index contributed by atoms with van der Waals surface area (Å²) in [6, 6.07) is 3.38. The summed E-state index contributed by atoms with van der Waals surface area (Å²) in [6.45, 7) is 2.22. The van der Waals surface area contributed by atoms with Gasteiger partial charge < -0.3 is 5.43 Å². The molecule has 0 saturated carbocycles. The van der Waals surface area contributed by atoms with E-state index in [0.29, 0.717) is 23.1 Å². The number of rotatable bonds is 3. The second kappa shape index (κ2) is 4.87. The van der Waals surface area contributed by atoms with Crippen molar-refractivity contribution < 1.29 is 0 Å². The number of halogens is 1. The third-order valence-corrected chi connectivity index (χ3v) is 3.58. The van der Waals surface area contributed by atoms with Crippen LogP contribution in [0.1, 0.15) is 11.4 Å². The van der Waals surface area contributed by atoms with Gasteiger partial charge in [-0.05, 0) is 19.1 Å². The zero-order valence-electron chi connectivity index (χ0n) is 9.11. The molecule has 3 N–H and O–H groups in total. The maximum absolute atomic E-state index is 11.6. The zero-order chi connectivity index (χ0) is 12.4. The molecule has 2 aromatic rings. The number of hydrogen-bond acceptors (Lipinski definition) is 5. The van der Waals surface area contributed by atoms with Crippen LogP contribution in [0.5, 0.6) is 0 Å². The molecule has 0 aliphatic carbocycles. The maximum atomic E-state index is 11.6. The number of nitrogens with zero attached hydrogens (tertiary/aromatic N) is 2. The lowest BCUT2D eigenvalue weighted by Gasteiger charge is -2.07. The number of pyridine rings is 1. The standard InChI is InChI=1S/C10H11ClN4OS/c1-6-5-17-10(16)15(6)4-8-7(11)2-3-9(13-8)14-12/h2-3,5H,4,12H2,1H3,(H,13,14). The molecule has 0 bridgehead atoms. The molecule has 0 unspecified atom stereocenters. The Bertz CT molecular complexity index is 592. The fraction of sp³-hybridized carbons (Fsp3) is 0.200. The maximum Gasteiger partial charge on any atom is 0.307 e. The Morgan fingerprint density at radius 3 is 2.94 bits per heavy atom. The first-order chi connectivity index (χ1) is 8.11. The van der Waals surface area contributed by atoms with Crippen LogP contribution in [0, 0.1) is 6.92 Å². The van der Waals surface area contributed by atoms with E-state index >= 15 is 0 Å². The number of aryl methyl sites for hydroxylation is 1. The third-order valence-electron chi connectivity index (χ3n) is 2.35. The molecule has 0 radical (unpaired) electrons. The van der Waals surface area contributed by atoms with Crippen molar-refractivity contribution in [3.05, 3.63) is 43.6 Å². The largest absolute Gasteiger partial charge is 0.308 e. The lowest BCUT2D eigenvalue weighted by Crippen LogP contribution is -2.17. The first-order valence-electron chi connectivity index (χ1n) is 4.89.